The van der Waals surface area contributed by atoms with Gasteiger partial charge in [0.25, 0.3) is 0 Å². The number of nitrogens with zero attached hydrogens (tertiary/aromatic N) is 2. The molecule has 0 bridgehead atoms. The fraction of sp³-hybridized carbons (Fsp3) is 0.481. The molecule has 2 amide bonds. The molecule has 2 fully saturated rings. The quantitative estimate of drug-likeness (QED) is 0.573. The Hall–Kier alpha value is -2.57. The van der Waals surface area contributed by atoms with Crippen molar-refractivity contribution in [3.63, 3.8) is 0 Å². The Morgan fingerprint density at radius 3 is 2.47 bits per heavy atom. The zero-order chi connectivity index (χ0) is 23.5. The Morgan fingerprint density at radius 2 is 1.74 bits per heavy atom. The summed E-state index contributed by atoms with van der Waals surface area (Å²) in [7, 11) is 0. The number of carbonyl (C=O) groups is 2. The van der Waals surface area contributed by atoms with Crippen LogP contribution in [-0.4, -0.2) is 42.6 Å². The van der Waals surface area contributed by atoms with Gasteiger partial charge in [0.15, 0.2) is 0 Å². The Balaban J connectivity index is 1.12. The summed E-state index contributed by atoms with van der Waals surface area (Å²) in [6.07, 6.45) is 7.82. The molecule has 180 valence electrons. The number of nitrogens with one attached hydrogen (secondary N) is 1. The van der Waals surface area contributed by atoms with E-state index in [1.165, 1.54) is 37.7 Å². The summed E-state index contributed by atoms with van der Waals surface area (Å²) >= 11 is 6.11. The van der Waals surface area contributed by atoms with Gasteiger partial charge in [0.2, 0.25) is 5.91 Å². The van der Waals surface area contributed by atoms with Crippen LogP contribution in [0, 0.1) is 0 Å². The van der Waals surface area contributed by atoms with Crippen molar-refractivity contribution in [3.05, 3.63) is 58.6 Å². The van der Waals surface area contributed by atoms with E-state index in [1.807, 2.05) is 30.3 Å². The van der Waals surface area contributed by atoms with Gasteiger partial charge >= 0.3 is 6.09 Å². The molecule has 0 spiro atoms. The molecule has 2 aromatic rings. The molecule has 1 N–H and O–H groups in total. The zero-order valence-corrected chi connectivity index (χ0v) is 20.2. The van der Waals surface area contributed by atoms with Gasteiger partial charge in [-0.05, 0) is 67.5 Å². The van der Waals surface area contributed by atoms with Crippen LogP contribution in [-0.2, 0) is 16.1 Å². The van der Waals surface area contributed by atoms with Crippen LogP contribution in [0.2, 0.25) is 5.02 Å². The molecule has 0 atom stereocenters. The molecule has 7 heteroatoms. The van der Waals surface area contributed by atoms with Crippen molar-refractivity contribution >= 4 is 35.0 Å². The summed E-state index contributed by atoms with van der Waals surface area (Å²) in [4.78, 5) is 29.1. The monoisotopic (exact) mass is 481 g/mol. The Morgan fingerprint density at radius 1 is 1.00 bits per heavy atom. The fourth-order valence-electron chi connectivity index (χ4n) is 5.57. The van der Waals surface area contributed by atoms with Crippen LogP contribution in [0.1, 0.15) is 62.0 Å². The normalized spacial score (nSPS) is 20.0. The number of hydrogen-bond donors (Lipinski definition) is 1. The molecule has 34 heavy (non-hydrogen) atoms. The first-order valence-electron chi connectivity index (χ1n) is 12.4. The van der Waals surface area contributed by atoms with Crippen molar-refractivity contribution in [2.75, 3.05) is 29.9 Å². The van der Waals surface area contributed by atoms with Crippen molar-refractivity contribution in [3.8, 4) is 0 Å². The van der Waals surface area contributed by atoms with Crippen LogP contribution in [0.25, 0.3) is 0 Å². The lowest BCUT2D eigenvalue weighted by molar-refractivity contribution is -0.117. The van der Waals surface area contributed by atoms with Gasteiger partial charge in [-0.3, -0.25) is 14.6 Å². The minimum Gasteiger partial charge on any atom is -0.444 e. The second-order valence-electron chi connectivity index (χ2n) is 9.71. The first-order valence-corrected chi connectivity index (χ1v) is 12.8. The minimum absolute atomic E-state index is 0.00114. The standard InChI is InChI=1S/C27H32ClN3O3/c28-22-8-11-25-21(16-22)18-34-27(33)31(25)24-12-14-30(15-13-24)17-26(32)29-23-9-6-20(7-10-23)19-4-2-1-3-5-19/h6-11,16,19,24H,1-5,12-15,17-18H2,(H,29,32). The number of cyclic esters (lactones) is 1. The number of halogens is 1. The number of hydrogen-bond acceptors (Lipinski definition) is 4. The zero-order valence-electron chi connectivity index (χ0n) is 19.5. The lowest BCUT2D eigenvalue weighted by atomic mass is 9.84. The van der Waals surface area contributed by atoms with Crippen molar-refractivity contribution in [2.24, 2.45) is 0 Å². The highest BCUT2D eigenvalue weighted by Crippen LogP contribution is 2.34. The lowest BCUT2D eigenvalue weighted by Gasteiger charge is -2.40. The maximum Gasteiger partial charge on any atom is 0.414 e. The summed E-state index contributed by atoms with van der Waals surface area (Å²) < 4.78 is 5.38. The predicted molar refractivity (Wildman–Crippen MR) is 134 cm³/mol. The van der Waals surface area contributed by atoms with E-state index in [1.54, 1.807) is 4.90 Å². The Bertz CT molecular complexity index is 1030. The average molecular weight is 482 g/mol. The third-order valence-electron chi connectivity index (χ3n) is 7.41. The SMILES string of the molecule is O=C(CN1CCC(N2C(=O)OCc3cc(Cl)ccc32)CC1)Nc1ccc(C2CCCCC2)cc1. The number of ether oxygens (including phenoxy) is 1. The summed E-state index contributed by atoms with van der Waals surface area (Å²) in [5.41, 5.74) is 4.06. The maximum absolute atomic E-state index is 12.6. The van der Waals surface area contributed by atoms with Crippen molar-refractivity contribution in [1.29, 1.82) is 0 Å². The minimum atomic E-state index is -0.303. The van der Waals surface area contributed by atoms with Gasteiger partial charge in [-0.15, -0.1) is 0 Å². The van der Waals surface area contributed by atoms with E-state index >= 15 is 0 Å². The second-order valence-corrected chi connectivity index (χ2v) is 10.1. The predicted octanol–water partition coefficient (Wildman–Crippen LogP) is 5.95. The fourth-order valence-corrected chi connectivity index (χ4v) is 5.77. The summed E-state index contributed by atoms with van der Waals surface area (Å²) in [6, 6.07) is 14.0. The number of fused-ring (bicyclic) bond motifs is 1. The van der Waals surface area contributed by atoms with E-state index < -0.39 is 0 Å². The van der Waals surface area contributed by atoms with Gasteiger partial charge in [-0.1, -0.05) is 43.0 Å². The Labute approximate surface area is 206 Å². The number of benzene rings is 2. The number of piperidine rings is 1. The van der Waals surface area contributed by atoms with Crippen molar-refractivity contribution in [2.45, 2.75) is 63.5 Å². The lowest BCUT2D eigenvalue weighted by Crippen LogP contribution is -2.50. The van der Waals surface area contributed by atoms with E-state index in [0.717, 1.165) is 42.9 Å². The molecule has 1 saturated heterocycles. The Kier molecular flexibility index (Phi) is 7.07. The van der Waals surface area contributed by atoms with Crippen LogP contribution in [0.5, 0.6) is 0 Å². The molecular weight excluding hydrogens is 450 g/mol. The largest absolute Gasteiger partial charge is 0.444 e. The molecule has 2 aromatic carbocycles. The third kappa shape index (κ3) is 5.23. The van der Waals surface area contributed by atoms with E-state index in [0.29, 0.717) is 17.5 Å². The molecule has 5 rings (SSSR count). The first-order chi connectivity index (χ1) is 16.6. The summed E-state index contributed by atoms with van der Waals surface area (Å²) in [6.45, 7) is 2.12. The molecule has 1 saturated carbocycles. The van der Waals surface area contributed by atoms with Gasteiger partial charge in [0.1, 0.15) is 6.61 Å². The highest BCUT2D eigenvalue weighted by atomic mass is 35.5. The van der Waals surface area contributed by atoms with Crippen LogP contribution in [0.4, 0.5) is 16.2 Å². The molecule has 6 nitrogen and oxygen atoms in total. The van der Waals surface area contributed by atoms with Gasteiger partial charge in [0, 0.05) is 35.4 Å². The smallest absolute Gasteiger partial charge is 0.414 e. The van der Waals surface area contributed by atoms with Gasteiger partial charge in [0.05, 0.1) is 12.2 Å². The average Bonchev–Trinajstić information content (AvgIpc) is 2.86. The number of likely N-dealkylation sites (tertiary alicyclic amines) is 1. The van der Waals surface area contributed by atoms with Crippen molar-refractivity contribution in [1.82, 2.24) is 4.90 Å². The molecule has 0 radical (unpaired) electrons. The van der Waals surface area contributed by atoms with Crippen LogP contribution in [0.15, 0.2) is 42.5 Å². The number of anilines is 2. The van der Waals surface area contributed by atoms with Gasteiger partial charge in [-0.2, -0.15) is 0 Å². The summed E-state index contributed by atoms with van der Waals surface area (Å²) in [5.74, 6) is 0.669. The molecule has 1 aliphatic carbocycles. The molecule has 2 aliphatic heterocycles. The number of carbonyl (C=O) groups excluding carboxylic acids is 2. The topological polar surface area (TPSA) is 61.9 Å². The molecule has 3 aliphatic rings. The van der Waals surface area contributed by atoms with Crippen LogP contribution < -0.4 is 10.2 Å². The number of amides is 2. The van der Waals surface area contributed by atoms with Crippen molar-refractivity contribution < 1.29 is 14.3 Å². The van der Waals surface area contributed by atoms with Gasteiger partial charge < -0.3 is 10.1 Å². The second kappa shape index (κ2) is 10.4. The first kappa shape index (κ1) is 23.2. The maximum atomic E-state index is 12.6. The van der Waals surface area contributed by atoms with Gasteiger partial charge in [-0.25, -0.2) is 4.79 Å². The van der Waals surface area contributed by atoms with E-state index in [2.05, 4.69) is 22.3 Å². The molecule has 2 heterocycles. The highest BCUT2D eigenvalue weighted by Gasteiger charge is 2.34. The van der Waals surface area contributed by atoms with Crippen LogP contribution >= 0.6 is 11.6 Å². The molecule has 0 aromatic heterocycles. The van der Waals surface area contributed by atoms with Crippen LogP contribution in [0.3, 0.4) is 0 Å². The van der Waals surface area contributed by atoms with E-state index in [-0.39, 0.29) is 24.6 Å². The number of rotatable bonds is 5. The van der Waals surface area contributed by atoms with E-state index in [9.17, 15) is 9.59 Å². The third-order valence-corrected chi connectivity index (χ3v) is 7.64. The molecular formula is C27H32ClN3O3. The van der Waals surface area contributed by atoms with E-state index in [4.69, 9.17) is 16.3 Å². The highest BCUT2D eigenvalue weighted by molar-refractivity contribution is 6.30. The molecule has 0 unspecified atom stereocenters. The summed E-state index contributed by atoms with van der Waals surface area (Å²) in [5, 5.41) is 3.68.